The van der Waals surface area contributed by atoms with Gasteiger partial charge in [0.25, 0.3) is 5.91 Å². The van der Waals surface area contributed by atoms with Crippen LogP contribution in [0.2, 0.25) is 0 Å². The summed E-state index contributed by atoms with van der Waals surface area (Å²) in [5.74, 6) is -0.0649. The number of hydrogen-bond acceptors (Lipinski definition) is 3. The van der Waals surface area contributed by atoms with Crippen molar-refractivity contribution in [2.75, 3.05) is 6.54 Å². The van der Waals surface area contributed by atoms with Crippen molar-refractivity contribution in [1.82, 2.24) is 25.1 Å². The number of aryl methyl sites for hydroxylation is 3. The van der Waals surface area contributed by atoms with Crippen LogP contribution in [0.5, 0.6) is 0 Å². The average molecular weight is 297 g/mol. The summed E-state index contributed by atoms with van der Waals surface area (Å²) >= 11 is 0. The second kappa shape index (κ2) is 6.01. The van der Waals surface area contributed by atoms with Gasteiger partial charge in [0.2, 0.25) is 0 Å². The summed E-state index contributed by atoms with van der Waals surface area (Å²) in [4.78, 5) is 19.3. The number of nitrogens with one attached hydrogen (secondary N) is 2. The number of aromatic nitrogens is 4. The highest BCUT2D eigenvalue weighted by atomic mass is 16.1. The summed E-state index contributed by atoms with van der Waals surface area (Å²) in [6, 6.07) is 7.51. The predicted molar refractivity (Wildman–Crippen MR) is 84.7 cm³/mol. The first kappa shape index (κ1) is 14.3. The van der Waals surface area contributed by atoms with Gasteiger partial charge in [0, 0.05) is 24.3 Å². The molecule has 22 heavy (non-hydrogen) atoms. The van der Waals surface area contributed by atoms with E-state index in [1.807, 2.05) is 30.7 Å². The van der Waals surface area contributed by atoms with E-state index in [0.717, 1.165) is 35.4 Å². The third kappa shape index (κ3) is 3.00. The van der Waals surface area contributed by atoms with Crippen molar-refractivity contribution in [3.8, 4) is 0 Å². The molecule has 1 amide bonds. The third-order valence-corrected chi connectivity index (χ3v) is 3.62. The van der Waals surface area contributed by atoms with Crippen LogP contribution in [0.4, 0.5) is 0 Å². The number of carbonyl (C=O) groups is 1. The van der Waals surface area contributed by atoms with E-state index in [1.54, 1.807) is 12.4 Å². The zero-order chi connectivity index (χ0) is 15.5. The monoisotopic (exact) mass is 297 g/mol. The minimum atomic E-state index is -0.0649. The topological polar surface area (TPSA) is 75.6 Å². The molecule has 0 aliphatic rings. The van der Waals surface area contributed by atoms with Gasteiger partial charge in [-0.3, -0.25) is 9.48 Å². The van der Waals surface area contributed by atoms with E-state index in [4.69, 9.17) is 0 Å². The Hall–Kier alpha value is -2.63. The van der Waals surface area contributed by atoms with Crippen molar-refractivity contribution in [3.05, 3.63) is 47.5 Å². The molecule has 0 saturated heterocycles. The Morgan fingerprint density at radius 2 is 2.18 bits per heavy atom. The van der Waals surface area contributed by atoms with E-state index in [9.17, 15) is 4.79 Å². The first-order valence-corrected chi connectivity index (χ1v) is 7.36. The molecule has 2 aromatic heterocycles. The number of amides is 1. The van der Waals surface area contributed by atoms with E-state index in [0.29, 0.717) is 12.1 Å². The van der Waals surface area contributed by atoms with Gasteiger partial charge in [-0.1, -0.05) is 0 Å². The van der Waals surface area contributed by atoms with Crippen molar-refractivity contribution in [1.29, 1.82) is 0 Å². The van der Waals surface area contributed by atoms with Crippen molar-refractivity contribution >= 4 is 16.9 Å². The average Bonchev–Trinajstić information content (AvgIpc) is 3.08. The van der Waals surface area contributed by atoms with Crippen LogP contribution in [0, 0.1) is 13.8 Å². The van der Waals surface area contributed by atoms with Crippen LogP contribution in [-0.4, -0.2) is 32.2 Å². The Labute approximate surface area is 128 Å². The molecule has 0 aliphatic heterocycles. The normalized spacial score (nSPS) is 11.0. The highest BCUT2D eigenvalue weighted by Crippen LogP contribution is 2.11. The largest absolute Gasteiger partial charge is 0.352 e. The summed E-state index contributed by atoms with van der Waals surface area (Å²) in [7, 11) is 0. The van der Waals surface area contributed by atoms with Gasteiger partial charge < -0.3 is 10.3 Å². The molecule has 2 heterocycles. The van der Waals surface area contributed by atoms with Crippen molar-refractivity contribution < 1.29 is 4.79 Å². The smallest absolute Gasteiger partial charge is 0.251 e. The van der Waals surface area contributed by atoms with Crippen LogP contribution in [0.25, 0.3) is 11.0 Å². The molecule has 1 aromatic carbocycles. The molecule has 0 aliphatic carbocycles. The van der Waals surface area contributed by atoms with E-state index >= 15 is 0 Å². The van der Waals surface area contributed by atoms with Gasteiger partial charge in [-0.15, -0.1) is 0 Å². The van der Waals surface area contributed by atoms with Gasteiger partial charge in [-0.05, 0) is 44.5 Å². The van der Waals surface area contributed by atoms with E-state index in [1.165, 1.54) is 0 Å². The molecule has 6 nitrogen and oxygen atoms in total. The van der Waals surface area contributed by atoms with E-state index in [-0.39, 0.29) is 5.91 Å². The number of rotatable bonds is 5. The number of carbonyl (C=O) groups excluding carboxylic acids is 1. The van der Waals surface area contributed by atoms with Crippen molar-refractivity contribution in [2.24, 2.45) is 0 Å². The lowest BCUT2D eigenvalue weighted by atomic mass is 10.2. The first-order chi connectivity index (χ1) is 10.6. The fourth-order valence-electron chi connectivity index (χ4n) is 2.51. The number of benzene rings is 1. The lowest BCUT2D eigenvalue weighted by Crippen LogP contribution is -2.25. The van der Waals surface area contributed by atoms with Crippen LogP contribution in [-0.2, 0) is 6.54 Å². The molecule has 2 N–H and O–H groups in total. The minimum absolute atomic E-state index is 0.0649. The fourth-order valence-corrected chi connectivity index (χ4v) is 2.51. The zero-order valence-electron chi connectivity index (χ0n) is 12.8. The number of fused-ring (bicyclic) bond motifs is 1. The molecule has 6 heteroatoms. The van der Waals surface area contributed by atoms with Gasteiger partial charge in [-0.25, -0.2) is 4.98 Å². The Kier molecular flexibility index (Phi) is 3.91. The molecular formula is C16H19N5O. The molecular weight excluding hydrogens is 278 g/mol. The second-order valence-corrected chi connectivity index (χ2v) is 5.39. The molecule has 3 rings (SSSR count). The third-order valence-electron chi connectivity index (χ3n) is 3.62. The van der Waals surface area contributed by atoms with Crippen molar-refractivity contribution in [3.63, 3.8) is 0 Å². The highest BCUT2D eigenvalue weighted by Gasteiger charge is 2.07. The zero-order valence-corrected chi connectivity index (χ0v) is 12.8. The van der Waals surface area contributed by atoms with Crippen LogP contribution < -0.4 is 5.32 Å². The summed E-state index contributed by atoms with van der Waals surface area (Å²) < 4.78 is 1.97. The van der Waals surface area contributed by atoms with Crippen LogP contribution in [0.15, 0.2) is 30.6 Å². The van der Waals surface area contributed by atoms with Crippen molar-refractivity contribution in [2.45, 2.75) is 26.8 Å². The van der Waals surface area contributed by atoms with E-state index < -0.39 is 0 Å². The van der Waals surface area contributed by atoms with Gasteiger partial charge in [0.15, 0.2) is 0 Å². The number of H-pyrrole nitrogens is 1. The van der Waals surface area contributed by atoms with Gasteiger partial charge in [-0.2, -0.15) is 5.10 Å². The molecule has 0 atom stereocenters. The fraction of sp³-hybridized carbons (Fsp3) is 0.312. The maximum absolute atomic E-state index is 12.1. The Morgan fingerprint density at radius 1 is 1.32 bits per heavy atom. The first-order valence-electron chi connectivity index (χ1n) is 7.36. The quantitative estimate of drug-likeness (QED) is 0.709. The number of nitrogens with zero attached hydrogens (tertiary/aromatic N) is 3. The van der Waals surface area contributed by atoms with Gasteiger partial charge in [0.1, 0.15) is 0 Å². The lowest BCUT2D eigenvalue weighted by Gasteiger charge is -2.07. The number of hydrogen-bond donors (Lipinski definition) is 2. The number of imidazole rings is 1. The molecule has 0 spiro atoms. The van der Waals surface area contributed by atoms with Gasteiger partial charge in [0.05, 0.1) is 23.1 Å². The number of aromatic amines is 1. The molecule has 0 radical (unpaired) electrons. The predicted octanol–water partition coefficient (Wildman–Crippen LogP) is 2.20. The molecule has 114 valence electrons. The molecule has 0 saturated carbocycles. The summed E-state index contributed by atoms with van der Waals surface area (Å²) in [5.41, 5.74) is 4.54. The maximum Gasteiger partial charge on any atom is 0.251 e. The standard InChI is InChI=1S/C16H19N5O/c1-11-8-12(2)21(20-11)7-3-6-17-16(22)13-4-5-14-15(9-13)19-10-18-14/h4-5,8-10H,3,6-7H2,1-2H3,(H,17,22)(H,18,19). The Morgan fingerprint density at radius 3 is 2.95 bits per heavy atom. The summed E-state index contributed by atoms with van der Waals surface area (Å²) in [6.45, 7) is 5.45. The van der Waals surface area contributed by atoms with Crippen LogP contribution in [0.3, 0.4) is 0 Å². The summed E-state index contributed by atoms with van der Waals surface area (Å²) in [5, 5.41) is 7.34. The second-order valence-electron chi connectivity index (χ2n) is 5.39. The lowest BCUT2D eigenvalue weighted by molar-refractivity contribution is 0.0952. The van der Waals surface area contributed by atoms with Crippen LogP contribution in [0.1, 0.15) is 28.2 Å². The minimum Gasteiger partial charge on any atom is -0.352 e. The Balaban J connectivity index is 1.52. The maximum atomic E-state index is 12.1. The van der Waals surface area contributed by atoms with E-state index in [2.05, 4.69) is 26.4 Å². The van der Waals surface area contributed by atoms with Crippen LogP contribution >= 0.6 is 0 Å². The molecule has 3 aromatic rings. The summed E-state index contributed by atoms with van der Waals surface area (Å²) in [6.07, 6.45) is 2.47. The SMILES string of the molecule is Cc1cc(C)n(CCCNC(=O)c2ccc3nc[nH]c3c2)n1. The van der Waals surface area contributed by atoms with Gasteiger partial charge >= 0.3 is 0 Å². The highest BCUT2D eigenvalue weighted by molar-refractivity contribution is 5.97. The Bertz CT molecular complexity index is 802. The molecule has 0 fully saturated rings. The molecule has 0 unspecified atom stereocenters. The molecule has 0 bridgehead atoms.